The third-order valence-corrected chi connectivity index (χ3v) is 2.92. The highest BCUT2D eigenvalue weighted by molar-refractivity contribution is 7.85. The molecule has 5 atom stereocenters. The molecule has 0 bridgehead atoms. The molecule has 0 saturated heterocycles. The smallest absolute Gasteiger partial charge is 0.267 e. The molecule has 124 valence electrons. The van der Waals surface area contributed by atoms with Gasteiger partial charge in [-0.1, -0.05) is 0 Å². The molecule has 9 N–H and O–H groups in total. The van der Waals surface area contributed by atoms with Gasteiger partial charge < -0.3 is 36.4 Å². The molecular formula is C9H23NO9S. The molecule has 0 aliphatic carbocycles. The van der Waals surface area contributed by atoms with Crippen molar-refractivity contribution in [3.63, 3.8) is 0 Å². The van der Waals surface area contributed by atoms with Crippen LogP contribution in [0.4, 0.5) is 0 Å². The lowest BCUT2D eigenvalue weighted by Crippen LogP contribution is -2.48. The van der Waals surface area contributed by atoms with Crippen LogP contribution in [0.15, 0.2) is 0 Å². The van der Waals surface area contributed by atoms with Crippen LogP contribution in [0.1, 0.15) is 6.92 Å². The van der Waals surface area contributed by atoms with Crippen LogP contribution in [-0.2, 0) is 10.1 Å². The van der Waals surface area contributed by atoms with Crippen molar-refractivity contribution in [2.24, 2.45) is 5.73 Å². The number of rotatable bonds is 7. The van der Waals surface area contributed by atoms with Crippen LogP contribution in [0.25, 0.3) is 0 Å². The predicted molar refractivity (Wildman–Crippen MR) is 68.3 cm³/mol. The molecule has 0 aliphatic rings. The van der Waals surface area contributed by atoms with E-state index in [4.69, 9.17) is 40.9 Å². The van der Waals surface area contributed by atoms with Gasteiger partial charge in [-0.05, 0) is 6.92 Å². The van der Waals surface area contributed by atoms with Crippen molar-refractivity contribution in [2.75, 3.05) is 18.9 Å². The molecule has 0 fully saturated rings. The maximum Gasteiger partial charge on any atom is 0.267 e. The zero-order valence-corrected chi connectivity index (χ0v) is 11.8. The Balaban J connectivity index is 0. The van der Waals surface area contributed by atoms with Crippen LogP contribution in [0.2, 0.25) is 0 Å². The van der Waals surface area contributed by atoms with Gasteiger partial charge in [-0.15, -0.1) is 0 Å². The summed E-state index contributed by atoms with van der Waals surface area (Å²) in [4.78, 5) is 0. The highest BCUT2D eigenvalue weighted by Crippen LogP contribution is 2.03. The molecule has 0 radical (unpaired) electrons. The van der Waals surface area contributed by atoms with Crippen LogP contribution >= 0.6 is 0 Å². The summed E-state index contributed by atoms with van der Waals surface area (Å²) in [6, 6.07) is 0. The molecule has 0 aliphatic heterocycles. The molecule has 0 aromatic carbocycles. The van der Waals surface area contributed by atoms with Gasteiger partial charge in [-0.3, -0.25) is 4.55 Å². The summed E-state index contributed by atoms with van der Waals surface area (Å²) >= 11 is 0. The van der Waals surface area contributed by atoms with Crippen LogP contribution in [-0.4, -0.2) is 93.0 Å². The Morgan fingerprint density at radius 1 is 1.00 bits per heavy atom. The van der Waals surface area contributed by atoms with Crippen molar-refractivity contribution < 1.29 is 43.6 Å². The van der Waals surface area contributed by atoms with E-state index in [0.717, 1.165) is 0 Å². The molecule has 0 heterocycles. The first-order chi connectivity index (χ1) is 8.96. The monoisotopic (exact) mass is 321 g/mol. The van der Waals surface area contributed by atoms with Gasteiger partial charge in [0.2, 0.25) is 0 Å². The van der Waals surface area contributed by atoms with E-state index in [1.54, 1.807) is 0 Å². The lowest BCUT2D eigenvalue weighted by atomic mass is 10.0. The Morgan fingerprint density at radius 3 is 1.60 bits per heavy atom. The van der Waals surface area contributed by atoms with E-state index in [1.807, 2.05) is 0 Å². The molecule has 20 heavy (non-hydrogen) atoms. The lowest BCUT2D eigenvalue weighted by molar-refractivity contribution is -0.112. The van der Waals surface area contributed by atoms with Crippen LogP contribution in [0, 0.1) is 0 Å². The second-order valence-corrected chi connectivity index (χ2v) is 5.63. The summed E-state index contributed by atoms with van der Waals surface area (Å²) < 4.78 is 27.7. The predicted octanol–water partition coefficient (Wildman–Crippen LogP) is -4.36. The minimum atomic E-state index is -3.97. The minimum Gasteiger partial charge on any atom is -0.394 e. The van der Waals surface area contributed by atoms with Crippen molar-refractivity contribution in [3.05, 3.63) is 0 Å². The molecule has 0 aromatic rings. The average Bonchev–Trinajstić information content (AvgIpc) is 2.32. The summed E-state index contributed by atoms with van der Waals surface area (Å²) in [6.07, 6.45) is -6.90. The van der Waals surface area contributed by atoms with Gasteiger partial charge in [0.05, 0.1) is 18.8 Å². The topological polar surface area (TPSA) is 202 Å². The van der Waals surface area contributed by atoms with Gasteiger partial charge in [0.1, 0.15) is 24.1 Å². The highest BCUT2D eigenvalue weighted by Gasteiger charge is 2.28. The van der Waals surface area contributed by atoms with Crippen molar-refractivity contribution in [3.8, 4) is 0 Å². The Bertz CT molecular complexity index is 320. The van der Waals surface area contributed by atoms with Crippen molar-refractivity contribution in [1.29, 1.82) is 0 Å². The van der Waals surface area contributed by atoms with Crippen molar-refractivity contribution >= 4 is 10.1 Å². The van der Waals surface area contributed by atoms with Crippen LogP contribution in [0.5, 0.6) is 0 Å². The van der Waals surface area contributed by atoms with Crippen molar-refractivity contribution in [2.45, 2.75) is 37.4 Å². The molecule has 1 unspecified atom stereocenters. The minimum absolute atomic E-state index is 0.226. The summed E-state index contributed by atoms with van der Waals surface area (Å²) in [7, 11) is -3.97. The molecular weight excluding hydrogens is 298 g/mol. The number of aliphatic hydroxyl groups is 6. The fourth-order valence-corrected chi connectivity index (χ4v) is 1.62. The number of hydrogen-bond acceptors (Lipinski definition) is 9. The van der Waals surface area contributed by atoms with E-state index in [9.17, 15) is 8.42 Å². The maximum absolute atomic E-state index is 9.84. The molecule has 0 saturated carbocycles. The number of hydrogen-bond donors (Lipinski definition) is 8. The fraction of sp³-hybridized carbons (Fsp3) is 1.00. The summed E-state index contributed by atoms with van der Waals surface area (Å²) in [5.41, 5.74) is 4.99. The van der Waals surface area contributed by atoms with Gasteiger partial charge in [0.25, 0.3) is 10.1 Å². The van der Waals surface area contributed by atoms with Crippen molar-refractivity contribution in [1.82, 2.24) is 0 Å². The third-order valence-electron chi connectivity index (χ3n) is 2.02. The summed E-state index contributed by atoms with van der Waals surface area (Å²) in [6.45, 7) is 0.375. The Morgan fingerprint density at radius 2 is 1.40 bits per heavy atom. The van der Waals surface area contributed by atoms with Gasteiger partial charge in [-0.25, -0.2) is 0 Å². The molecule has 0 rings (SSSR count). The summed E-state index contributed by atoms with van der Waals surface area (Å²) in [5.74, 6) is -0.590. The zero-order valence-electron chi connectivity index (χ0n) is 10.9. The van der Waals surface area contributed by atoms with E-state index in [0.29, 0.717) is 0 Å². The molecule has 10 nitrogen and oxygen atoms in total. The lowest BCUT2D eigenvalue weighted by Gasteiger charge is -2.24. The van der Waals surface area contributed by atoms with Gasteiger partial charge in [0, 0.05) is 6.54 Å². The van der Waals surface area contributed by atoms with E-state index in [2.05, 4.69) is 0 Å². The second-order valence-electron chi connectivity index (χ2n) is 4.13. The second kappa shape index (κ2) is 10.4. The molecule has 0 amide bonds. The molecule has 0 aromatic heterocycles. The Hall–Kier alpha value is -0.370. The first kappa shape index (κ1) is 21.9. The van der Waals surface area contributed by atoms with E-state index < -0.39 is 53.0 Å². The Kier molecular flexibility index (Phi) is 11.4. The zero-order chi connectivity index (χ0) is 16.5. The maximum atomic E-state index is 9.84. The fourth-order valence-electron chi connectivity index (χ4n) is 1.01. The normalized spacial score (nSPS) is 19.2. The van der Waals surface area contributed by atoms with Gasteiger partial charge in [-0.2, -0.15) is 8.42 Å². The van der Waals surface area contributed by atoms with Gasteiger partial charge >= 0.3 is 0 Å². The van der Waals surface area contributed by atoms with Crippen LogP contribution < -0.4 is 5.73 Å². The summed E-state index contributed by atoms with van der Waals surface area (Å²) in [5, 5.41) is 52.5. The van der Waals surface area contributed by atoms with Crippen LogP contribution in [0.3, 0.4) is 0 Å². The number of nitrogens with two attached hydrogens (primary N) is 1. The standard InChI is InChI=1S/C6H15NO5.C3H8O4S/c7-1-3(9)5(11)6(12)4(10)2-8;1-3(4)2-8(5,6)7/h3-6,8-12H,1-2,7H2;3-4H,2H2,1H3,(H,5,6,7)/t3-,4+,5+,6+;/m0./s1. The third kappa shape index (κ3) is 11.5. The molecule has 11 heteroatoms. The highest BCUT2D eigenvalue weighted by atomic mass is 32.2. The first-order valence-corrected chi connectivity index (χ1v) is 7.23. The Labute approximate surface area is 116 Å². The first-order valence-electron chi connectivity index (χ1n) is 5.62. The van der Waals surface area contributed by atoms with E-state index in [-0.39, 0.29) is 6.54 Å². The van der Waals surface area contributed by atoms with E-state index in [1.165, 1.54) is 6.92 Å². The average molecular weight is 321 g/mol. The van der Waals surface area contributed by atoms with Gasteiger partial charge in [0.15, 0.2) is 0 Å². The SMILES string of the molecule is CC(O)CS(=O)(=O)O.NC[C@H](O)[C@@H](O)[C@H](O)[C@H](O)CO. The largest absolute Gasteiger partial charge is 0.394 e. The molecule has 0 spiro atoms. The van der Waals surface area contributed by atoms with E-state index >= 15 is 0 Å². The number of aliphatic hydroxyl groups excluding tert-OH is 6. The quantitative estimate of drug-likeness (QED) is 0.212.